The van der Waals surface area contributed by atoms with Gasteiger partial charge in [0.1, 0.15) is 12.7 Å². The second-order valence-electron chi connectivity index (χ2n) is 17.4. The molecular weight excluding hydrogens is 749 g/mol. The molecule has 0 radical (unpaired) electrons. The highest BCUT2D eigenvalue weighted by Gasteiger charge is 2.59. The fraction of sp³-hybridized carbons (Fsp3) is 0.714. The zero-order valence-corrected chi connectivity index (χ0v) is 36.5. The van der Waals surface area contributed by atoms with E-state index in [4.69, 9.17) is 13.6 Å². The lowest BCUT2D eigenvalue weighted by molar-refractivity contribution is -0.155. The van der Waals surface area contributed by atoms with Gasteiger partial charge in [0.2, 0.25) is 23.6 Å². The molecule has 0 aromatic rings. The minimum absolute atomic E-state index is 0.0948. The summed E-state index contributed by atoms with van der Waals surface area (Å²) in [5.74, 6) is -5.11. The topological polar surface area (TPSA) is 157 Å². The number of rotatable bonds is 23. The summed E-state index contributed by atoms with van der Waals surface area (Å²) < 4.78 is 17.2. The summed E-state index contributed by atoms with van der Waals surface area (Å²) in [7, 11) is -3.49. The van der Waals surface area contributed by atoms with Crippen molar-refractivity contribution in [3.05, 3.63) is 37.5 Å². The quantitative estimate of drug-likeness (QED) is 0.0425. The normalized spacial score (nSPS) is 28.3. The van der Waals surface area contributed by atoms with Gasteiger partial charge >= 0.3 is 11.9 Å². The largest absolute Gasteiger partial charge is 0.466 e. The number of fused-ring (bicyclic) bond motifs is 2. The molecule has 0 spiro atoms. The number of esters is 2. The van der Waals surface area contributed by atoms with Gasteiger partial charge in [-0.1, -0.05) is 50.5 Å². The predicted molar refractivity (Wildman–Crippen MR) is 217 cm³/mol. The molecule has 0 aromatic heterocycles. The molecule has 0 bridgehead atoms. The third-order valence-electron chi connectivity index (χ3n) is 12.2. The van der Waals surface area contributed by atoms with E-state index in [0.717, 1.165) is 17.4 Å². The third kappa shape index (κ3) is 11.0. The number of allylic oxidation sites excluding steroid dienone is 4. The van der Waals surface area contributed by atoms with Gasteiger partial charge in [-0.05, 0) is 101 Å². The number of carbonyl (C=O) groups is 6. The summed E-state index contributed by atoms with van der Waals surface area (Å²) in [6, 6.07) is 2.13. The lowest BCUT2D eigenvalue weighted by Crippen LogP contribution is -2.44. The van der Waals surface area contributed by atoms with Crippen molar-refractivity contribution in [3.63, 3.8) is 0 Å². The van der Waals surface area contributed by atoms with Gasteiger partial charge in [0.15, 0.2) is 16.6 Å². The standard InChI is InChI=1S/C42H66N2O10Si2/c1-9-12-24-55(5,6)54-56(7,8)25-16-22-52-33(46)17-14-13-15-20-43-38(47)34-29(10-2)26-31(36(34)40(43)49)18-19-32-27-30(11-3)35-37(32)41(50)44(39(35)48)21-23-53-42(51)28(4)45/h10-11,18-19,28-32,34-37,45H,2-3,9,12-17,20-27H2,1,4-8H3/b19-18-/t28?,29?,30?,31?,32?,34-,35+,36+,37-/m1/s1. The lowest BCUT2D eigenvalue weighted by Gasteiger charge is -2.34. The van der Waals surface area contributed by atoms with Gasteiger partial charge < -0.3 is 18.7 Å². The molecule has 2 aliphatic carbocycles. The lowest BCUT2D eigenvalue weighted by atomic mass is 9.86. The molecule has 56 heavy (non-hydrogen) atoms. The monoisotopic (exact) mass is 814 g/mol. The van der Waals surface area contributed by atoms with Crippen LogP contribution in [0.2, 0.25) is 38.3 Å². The van der Waals surface area contributed by atoms with Crippen molar-refractivity contribution in [2.75, 3.05) is 26.3 Å². The molecule has 14 heteroatoms. The number of nitrogens with zero attached hydrogens (tertiary/aromatic N) is 2. The number of aliphatic hydroxyl groups is 1. The van der Waals surface area contributed by atoms with Gasteiger partial charge in [-0.15, -0.1) is 13.2 Å². The maximum absolute atomic E-state index is 13.8. The first-order chi connectivity index (χ1) is 26.5. The maximum atomic E-state index is 13.8. The second-order valence-corrected chi connectivity index (χ2v) is 26.3. The molecule has 2 heterocycles. The molecule has 4 aliphatic rings. The number of hydrogen-bond acceptors (Lipinski definition) is 10. The molecule has 4 amide bonds. The van der Waals surface area contributed by atoms with Crippen molar-refractivity contribution in [2.45, 2.75) is 116 Å². The van der Waals surface area contributed by atoms with E-state index in [1.165, 1.54) is 30.7 Å². The van der Waals surface area contributed by atoms with E-state index < -0.39 is 52.4 Å². The first-order valence-corrected chi connectivity index (χ1v) is 27.0. The average Bonchev–Trinajstić information content (AvgIpc) is 3.84. The molecule has 0 aromatic carbocycles. The van der Waals surface area contributed by atoms with Crippen LogP contribution >= 0.6 is 0 Å². The summed E-state index contributed by atoms with van der Waals surface area (Å²) in [6.07, 6.45) is 12.6. The summed E-state index contributed by atoms with van der Waals surface area (Å²) in [4.78, 5) is 80.9. The Morgan fingerprint density at radius 1 is 0.714 bits per heavy atom. The molecule has 312 valence electrons. The minimum atomic E-state index is -1.82. The van der Waals surface area contributed by atoms with Crippen LogP contribution in [0.3, 0.4) is 0 Å². The van der Waals surface area contributed by atoms with E-state index in [-0.39, 0.29) is 66.4 Å². The van der Waals surface area contributed by atoms with Crippen molar-refractivity contribution in [2.24, 2.45) is 47.3 Å². The van der Waals surface area contributed by atoms with E-state index in [1.54, 1.807) is 12.2 Å². The molecular formula is C42H66N2O10Si2. The number of amides is 4. The Kier molecular flexibility index (Phi) is 16.2. The number of hydrogen-bond donors (Lipinski definition) is 1. The fourth-order valence-corrected chi connectivity index (χ4v) is 18.5. The smallest absolute Gasteiger partial charge is 0.334 e. The number of ether oxygens (including phenoxy) is 2. The van der Waals surface area contributed by atoms with Crippen LogP contribution in [-0.4, -0.2) is 99.5 Å². The number of likely N-dealkylation sites (tertiary alicyclic amines) is 2. The Labute approximate surface area is 335 Å². The van der Waals surface area contributed by atoms with Crippen molar-refractivity contribution in [1.29, 1.82) is 0 Å². The van der Waals surface area contributed by atoms with Gasteiger partial charge in [0, 0.05) is 13.0 Å². The summed E-state index contributed by atoms with van der Waals surface area (Å²) in [6.45, 7) is 20.8. The van der Waals surface area contributed by atoms with Gasteiger partial charge in [-0.25, -0.2) is 4.79 Å². The minimum Gasteiger partial charge on any atom is -0.466 e. The molecule has 2 saturated heterocycles. The highest BCUT2D eigenvalue weighted by atomic mass is 28.4. The molecule has 4 rings (SSSR count). The zero-order valence-electron chi connectivity index (χ0n) is 34.5. The van der Waals surface area contributed by atoms with Gasteiger partial charge in [0.05, 0.1) is 36.8 Å². The molecule has 2 saturated carbocycles. The molecule has 4 fully saturated rings. The van der Waals surface area contributed by atoms with Crippen molar-refractivity contribution in [3.8, 4) is 0 Å². The van der Waals surface area contributed by atoms with Crippen LogP contribution in [0, 0.1) is 47.3 Å². The number of imide groups is 2. The van der Waals surface area contributed by atoms with Gasteiger partial charge in [0.25, 0.3) is 0 Å². The van der Waals surface area contributed by atoms with Crippen LogP contribution in [0.5, 0.6) is 0 Å². The average molecular weight is 815 g/mol. The molecule has 12 nitrogen and oxygen atoms in total. The van der Waals surface area contributed by atoms with E-state index in [0.29, 0.717) is 51.7 Å². The van der Waals surface area contributed by atoms with Crippen LogP contribution in [0.15, 0.2) is 37.5 Å². The highest BCUT2D eigenvalue weighted by molar-refractivity contribution is 6.84. The van der Waals surface area contributed by atoms with E-state index in [2.05, 4.69) is 46.3 Å². The fourth-order valence-electron chi connectivity index (χ4n) is 9.46. The van der Waals surface area contributed by atoms with Crippen LogP contribution in [0.1, 0.15) is 71.6 Å². The van der Waals surface area contributed by atoms with Crippen LogP contribution in [0.25, 0.3) is 0 Å². The second kappa shape index (κ2) is 20.0. The Balaban J connectivity index is 1.24. The zero-order chi connectivity index (χ0) is 41.4. The summed E-state index contributed by atoms with van der Waals surface area (Å²) in [5.41, 5.74) is 0. The Morgan fingerprint density at radius 3 is 1.68 bits per heavy atom. The number of aliphatic hydroxyl groups excluding tert-OH is 1. The van der Waals surface area contributed by atoms with E-state index >= 15 is 0 Å². The molecule has 5 unspecified atom stereocenters. The Hall–Kier alpha value is -3.21. The first kappa shape index (κ1) is 45.5. The van der Waals surface area contributed by atoms with E-state index in [1.807, 2.05) is 12.2 Å². The summed E-state index contributed by atoms with van der Waals surface area (Å²) in [5, 5.41) is 9.38. The molecule has 1 N–H and O–H groups in total. The third-order valence-corrected chi connectivity index (χ3v) is 19.7. The Bertz CT molecular complexity index is 1510. The van der Waals surface area contributed by atoms with Crippen molar-refractivity contribution >= 4 is 52.2 Å². The Morgan fingerprint density at radius 2 is 1.20 bits per heavy atom. The summed E-state index contributed by atoms with van der Waals surface area (Å²) >= 11 is 0. The van der Waals surface area contributed by atoms with Gasteiger partial charge in [-0.2, -0.15) is 0 Å². The highest BCUT2D eigenvalue weighted by Crippen LogP contribution is 2.51. The number of carbonyl (C=O) groups excluding carboxylic acids is 6. The molecule has 2 aliphatic heterocycles. The van der Waals surface area contributed by atoms with Crippen LogP contribution < -0.4 is 0 Å². The van der Waals surface area contributed by atoms with Crippen LogP contribution in [0.4, 0.5) is 0 Å². The van der Waals surface area contributed by atoms with Crippen molar-refractivity contribution < 1.29 is 47.5 Å². The molecule has 9 atom stereocenters. The first-order valence-electron chi connectivity index (χ1n) is 20.8. The van der Waals surface area contributed by atoms with Gasteiger partial charge in [-0.3, -0.25) is 33.8 Å². The number of unbranched alkanes of at least 4 members (excludes halogenated alkanes) is 3. The van der Waals surface area contributed by atoms with Crippen molar-refractivity contribution in [1.82, 2.24) is 9.80 Å². The van der Waals surface area contributed by atoms with E-state index in [9.17, 15) is 33.9 Å². The van der Waals surface area contributed by atoms with Crippen LogP contribution in [-0.2, 0) is 42.4 Å². The maximum Gasteiger partial charge on any atom is 0.334 e. The predicted octanol–water partition coefficient (Wildman–Crippen LogP) is 6.03. The SMILES string of the molecule is C=CC1CC(/C=C\C2CC(C=C)[C@@H]3C(=O)N(CCOC(=O)C(C)O)C(=O)[C@H]23)[C@@H]2C(=O)N(CCCCCC(=O)OCCC[Si](C)(C)O[Si](C)(C)CCCC)C(=O)[C@H]12.